The summed E-state index contributed by atoms with van der Waals surface area (Å²) in [5.74, 6) is 1.22. The van der Waals surface area contributed by atoms with Crippen LogP contribution in [-0.4, -0.2) is 16.9 Å². The summed E-state index contributed by atoms with van der Waals surface area (Å²) in [5, 5.41) is 10.4. The van der Waals surface area contributed by atoms with Gasteiger partial charge >= 0.3 is 6.03 Å². The molecule has 4 aromatic rings. The van der Waals surface area contributed by atoms with Crippen molar-refractivity contribution in [2.75, 3.05) is 16.0 Å². The second-order valence-corrected chi connectivity index (χ2v) is 7.61. The molecule has 0 spiro atoms. The maximum Gasteiger partial charge on any atom is 0.325 e. The van der Waals surface area contributed by atoms with Crippen LogP contribution in [0.4, 0.5) is 21.3 Å². The summed E-state index contributed by atoms with van der Waals surface area (Å²) < 4.78 is 5.74. The van der Waals surface area contributed by atoms with Crippen LogP contribution in [0.2, 0.25) is 0 Å². The molecule has 0 saturated carbocycles. The van der Waals surface area contributed by atoms with Gasteiger partial charge in [0.2, 0.25) is 5.91 Å². The van der Waals surface area contributed by atoms with Gasteiger partial charge in [0.1, 0.15) is 11.5 Å². The molecule has 0 saturated heterocycles. The van der Waals surface area contributed by atoms with Gasteiger partial charge in [-0.05, 0) is 48.5 Å². The van der Waals surface area contributed by atoms with Crippen LogP contribution >= 0.6 is 11.3 Å². The van der Waals surface area contributed by atoms with Crippen LogP contribution in [0, 0.1) is 0 Å². The quantitative estimate of drug-likeness (QED) is 0.338. The number of hydrogen-bond acceptors (Lipinski definition) is 5. The van der Waals surface area contributed by atoms with E-state index in [1.165, 1.54) is 11.3 Å². The van der Waals surface area contributed by atoms with Crippen molar-refractivity contribution in [1.29, 1.82) is 0 Å². The van der Waals surface area contributed by atoms with Gasteiger partial charge in [0.05, 0.1) is 12.1 Å². The first-order valence-electron chi connectivity index (χ1n) is 9.84. The summed E-state index contributed by atoms with van der Waals surface area (Å²) >= 11 is 1.26. The molecule has 0 aliphatic carbocycles. The van der Waals surface area contributed by atoms with Gasteiger partial charge in [-0.2, -0.15) is 0 Å². The molecule has 0 fully saturated rings. The van der Waals surface area contributed by atoms with Crippen molar-refractivity contribution in [2.45, 2.75) is 6.42 Å². The summed E-state index contributed by atoms with van der Waals surface area (Å²) in [4.78, 5) is 28.7. The van der Waals surface area contributed by atoms with Gasteiger partial charge in [-0.1, -0.05) is 36.4 Å². The van der Waals surface area contributed by atoms with Crippen molar-refractivity contribution in [3.05, 3.63) is 96.0 Å². The standard InChI is InChI=1S/C24H20N4O3S/c29-22(25-18-11-13-21(14-12-18)31-20-9-5-2-6-10-20)15-19-16-32-24(27-19)28-23(30)26-17-7-3-1-4-8-17/h1-14,16H,15H2,(H,25,29)(H2,26,27,28,30). The van der Waals surface area contributed by atoms with Gasteiger partial charge in [-0.15, -0.1) is 11.3 Å². The fourth-order valence-electron chi connectivity index (χ4n) is 2.83. The fraction of sp³-hybridized carbons (Fsp3) is 0.0417. The maximum absolute atomic E-state index is 12.4. The van der Waals surface area contributed by atoms with Crippen LogP contribution in [0.15, 0.2) is 90.3 Å². The van der Waals surface area contributed by atoms with E-state index in [0.29, 0.717) is 27.9 Å². The minimum atomic E-state index is -0.389. The molecule has 32 heavy (non-hydrogen) atoms. The summed E-state index contributed by atoms with van der Waals surface area (Å²) in [6.07, 6.45) is 0.0980. The lowest BCUT2D eigenvalue weighted by atomic mass is 10.2. The van der Waals surface area contributed by atoms with Gasteiger partial charge in [-0.3, -0.25) is 10.1 Å². The number of urea groups is 1. The zero-order valence-electron chi connectivity index (χ0n) is 16.9. The summed E-state index contributed by atoms with van der Waals surface area (Å²) in [6.45, 7) is 0. The number of ether oxygens (including phenoxy) is 1. The molecule has 160 valence electrons. The highest BCUT2D eigenvalue weighted by atomic mass is 32.1. The minimum Gasteiger partial charge on any atom is -0.457 e. The van der Waals surface area contributed by atoms with Crippen molar-refractivity contribution in [3.63, 3.8) is 0 Å². The van der Waals surface area contributed by atoms with E-state index in [4.69, 9.17) is 4.74 Å². The van der Waals surface area contributed by atoms with Crippen molar-refractivity contribution < 1.29 is 14.3 Å². The Balaban J connectivity index is 1.26. The number of amides is 3. The van der Waals surface area contributed by atoms with Crippen LogP contribution in [0.5, 0.6) is 11.5 Å². The zero-order valence-corrected chi connectivity index (χ0v) is 17.8. The minimum absolute atomic E-state index is 0.0980. The average molecular weight is 445 g/mol. The Hall–Kier alpha value is -4.17. The van der Waals surface area contributed by atoms with Gasteiger partial charge in [0.15, 0.2) is 5.13 Å². The highest BCUT2D eigenvalue weighted by molar-refractivity contribution is 7.14. The Bertz CT molecular complexity index is 1180. The first-order valence-corrected chi connectivity index (χ1v) is 10.7. The molecule has 3 amide bonds. The van der Waals surface area contributed by atoms with Gasteiger partial charge < -0.3 is 15.4 Å². The molecule has 0 aliphatic heterocycles. The highest BCUT2D eigenvalue weighted by Crippen LogP contribution is 2.23. The molecule has 3 aromatic carbocycles. The van der Waals surface area contributed by atoms with Gasteiger partial charge in [0.25, 0.3) is 0 Å². The lowest BCUT2D eigenvalue weighted by Crippen LogP contribution is -2.19. The first-order chi connectivity index (χ1) is 15.6. The predicted octanol–water partition coefficient (Wildman–Crippen LogP) is 5.76. The number of carbonyl (C=O) groups excluding carboxylic acids is 2. The van der Waals surface area contributed by atoms with E-state index in [1.807, 2.05) is 48.5 Å². The lowest BCUT2D eigenvalue weighted by molar-refractivity contribution is -0.115. The maximum atomic E-state index is 12.4. The molecular formula is C24H20N4O3S. The van der Waals surface area contributed by atoms with Crippen molar-refractivity contribution in [3.8, 4) is 11.5 Å². The molecule has 0 radical (unpaired) electrons. The second-order valence-electron chi connectivity index (χ2n) is 6.75. The monoisotopic (exact) mass is 444 g/mol. The zero-order chi connectivity index (χ0) is 22.2. The summed E-state index contributed by atoms with van der Waals surface area (Å²) in [6, 6.07) is 25.3. The number of thiazole rings is 1. The SMILES string of the molecule is O=C(Cc1csc(NC(=O)Nc2ccccc2)n1)Nc1ccc(Oc2ccccc2)cc1. The van der Waals surface area contributed by atoms with E-state index in [-0.39, 0.29) is 18.4 Å². The van der Waals surface area contributed by atoms with Crippen molar-refractivity contribution in [1.82, 2.24) is 4.98 Å². The largest absolute Gasteiger partial charge is 0.457 e. The van der Waals surface area contributed by atoms with E-state index in [1.54, 1.807) is 41.8 Å². The van der Waals surface area contributed by atoms with Crippen LogP contribution in [0.1, 0.15) is 5.69 Å². The Morgan fingerprint density at radius 2 is 1.38 bits per heavy atom. The Labute approximate surface area is 189 Å². The third kappa shape index (κ3) is 6.16. The fourth-order valence-corrected chi connectivity index (χ4v) is 3.53. The molecule has 3 N–H and O–H groups in total. The average Bonchev–Trinajstić information content (AvgIpc) is 3.22. The molecule has 1 heterocycles. The van der Waals surface area contributed by atoms with Crippen molar-refractivity contribution in [2.24, 2.45) is 0 Å². The number of rotatable bonds is 7. The van der Waals surface area contributed by atoms with Crippen LogP contribution in [0.25, 0.3) is 0 Å². The number of para-hydroxylation sites is 2. The smallest absolute Gasteiger partial charge is 0.325 e. The number of aromatic nitrogens is 1. The van der Waals surface area contributed by atoms with E-state index < -0.39 is 0 Å². The molecular weight excluding hydrogens is 424 g/mol. The van der Waals surface area contributed by atoms with Crippen LogP contribution < -0.4 is 20.7 Å². The molecule has 0 bridgehead atoms. The van der Waals surface area contributed by atoms with E-state index in [0.717, 1.165) is 5.75 Å². The number of anilines is 3. The normalized spacial score (nSPS) is 10.2. The molecule has 1 aromatic heterocycles. The molecule has 0 aliphatic rings. The van der Waals surface area contributed by atoms with Crippen LogP contribution in [0.3, 0.4) is 0 Å². The topological polar surface area (TPSA) is 92.4 Å². The number of hydrogen-bond donors (Lipinski definition) is 3. The van der Waals surface area contributed by atoms with Gasteiger partial charge in [0, 0.05) is 16.8 Å². The van der Waals surface area contributed by atoms with E-state index in [9.17, 15) is 9.59 Å². The number of benzene rings is 3. The molecule has 0 unspecified atom stereocenters. The molecule has 7 nitrogen and oxygen atoms in total. The van der Waals surface area contributed by atoms with E-state index >= 15 is 0 Å². The highest BCUT2D eigenvalue weighted by Gasteiger charge is 2.10. The third-order valence-electron chi connectivity index (χ3n) is 4.26. The Morgan fingerprint density at radius 3 is 2.09 bits per heavy atom. The van der Waals surface area contributed by atoms with Crippen LogP contribution in [-0.2, 0) is 11.2 Å². The summed E-state index contributed by atoms with van der Waals surface area (Å²) in [5.41, 5.74) is 1.92. The summed E-state index contributed by atoms with van der Waals surface area (Å²) in [7, 11) is 0. The van der Waals surface area contributed by atoms with Crippen molar-refractivity contribution >= 4 is 39.8 Å². The van der Waals surface area contributed by atoms with E-state index in [2.05, 4.69) is 20.9 Å². The molecule has 8 heteroatoms. The number of carbonyl (C=O) groups is 2. The molecule has 4 rings (SSSR count). The Kier molecular flexibility index (Phi) is 6.74. The predicted molar refractivity (Wildman–Crippen MR) is 126 cm³/mol. The Morgan fingerprint density at radius 1 is 0.750 bits per heavy atom. The first kappa shape index (κ1) is 21.1. The molecule has 0 atom stereocenters. The lowest BCUT2D eigenvalue weighted by Gasteiger charge is -2.07. The second kappa shape index (κ2) is 10.2. The number of nitrogens with one attached hydrogen (secondary N) is 3. The third-order valence-corrected chi connectivity index (χ3v) is 5.07. The van der Waals surface area contributed by atoms with Gasteiger partial charge in [-0.25, -0.2) is 9.78 Å². The number of nitrogens with zero attached hydrogens (tertiary/aromatic N) is 1.